The Kier molecular flexibility index (Phi) is 4.29. The Bertz CT molecular complexity index is 1750. The maximum Gasteiger partial charge on any atom is 0.401 e. The number of hydrogen-bond acceptors (Lipinski definition) is 13. The van der Waals surface area contributed by atoms with Crippen LogP contribution in [0, 0.1) is 54.8 Å². The molecule has 0 aliphatic carbocycles. The maximum atomic E-state index is 11.3. The van der Waals surface area contributed by atoms with Crippen LogP contribution in [0.4, 0.5) is 29.1 Å². The first-order valence-corrected chi connectivity index (χ1v) is 8.07. The molecule has 4 aromatic rings. The van der Waals surface area contributed by atoms with Crippen molar-refractivity contribution in [1.29, 1.82) is 5.26 Å². The maximum absolute atomic E-state index is 11.3. The average Bonchev–Trinajstić information content (AvgIpc) is 2.81. The normalized spacial score (nSPS) is 10.5. The van der Waals surface area contributed by atoms with Gasteiger partial charge in [0.15, 0.2) is 5.52 Å². The van der Waals surface area contributed by atoms with Gasteiger partial charge in [0.05, 0.1) is 0 Å². The van der Waals surface area contributed by atoms with E-state index >= 15 is 0 Å². The molecule has 18 nitrogen and oxygen atoms in total. The zero-order valence-corrected chi connectivity index (χ0v) is 15.3. The third-order valence-electron chi connectivity index (χ3n) is 4.11. The van der Waals surface area contributed by atoms with E-state index in [-0.39, 0.29) is 5.52 Å². The van der Waals surface area contributed by atoms with Crippen molar-refractivity contribution in [3.8, 4) is 6.07 Å². The second kappa shape index (κ2) is 7.00. The van der Waals surface area contributed by atoms with Crippen LogP contribution in [0.25, 0.3) is 42.8 Å². The van der Waals surface area contributed by atoms with Crippen LogP contribution in [-0.2, 0) is 0 Å². The number of fused-ring (bicyclic) bond motifs is 6. The fraction of sp³-hybridized carbons (Fsp3) is 0. The van der Waals surface area contributed by atoms with Gasteiger partial charge in [-0.1, -0.05) is 13.1 Å². The molecule has 0 aliphatic heterocycles. The van der Waals surface area contributed by atoms with Crippen LogP contribution in [0.3, 0.4) is 0 Å². The highest BCUT2D eigenvalue weighted by molar-refractivity contribution is 6.19. The summed E-state index contributed by atoms with van der Waals surface area (Å²) < 4.78 is 0. The van der Waals surface area contributed by atoms with E-state index in [2.05, 4.69) is 39.6 Å². The van der Waals surface area contributed by atoms with Crippen LogP contribution in [0.2, 0.25) is 0 Å². The van der Waals surface area contributed by atoms with E-state index in [0.717, 1.165) is 0 Å². The summed E-state index contributed by atoms with van der Waals surface area (Å²) in [6.45, 7) is 14.3. The fourth-order valence-electron chi connectivity index (χ4n) is 2.85. The monoisotopic (exact) mass is 444 g/mol. The Morgan fingerprint density at radius 3 is 1.30 bits per heavy atom. The van der Waals surface area contributed by atoms with E-state index in [0.29, 0.717) is 0 Å². The number of hydrogen-bond donors (Lipinski definition) is 0. The van der Waals surface area contributed by atoms with E-state index in [1.165, 1.54) is 6.07 Å². The van der Waals surface area contributed by atoms with Crippen molar-refractivity contribution in [3.05, 3.63) is 58.9 Å². The van der Waals surface area contributed by atoms with Gasteiger partial charge in [-0.3, -0.25) is 0 Å². The predicted octanol–water partition coefficient (Wildman–Crippen LogP) is 2.21. The molecule has 4 rings (SSSR count). The topological polar surface area (TPSA) is 239 Å². The molecule has 0 fully saturated rings. The van der Waals surface area contributed by atoms with Crippen LogP contribution in [-0.4, -0.2) is 44.7 Å². The van der Waals surface area contributed by atoms with Gasteiger partial charge >= 0.3 is 29.1 Å². The molecule has 33 heavy (non-hydrogen) atoms. The van der Waals surface area contributed by atoms with Crippen LogP contribution in [0.5, 0.6) is 0 Å². The summed E-state index contributed by atoms with van der Waals surface area (Å²) in [6, 6.07) is 1.46. The highest BCUT2D eigenvalue weighted by Gasteiger charge is 2.37. The smallest absolute Gasteiger partial charge is 0.359 e. The van der Waals surface area contributed by atoms with Crippen LogP contribution < -0.4 is 0 Å². The zero-order valence-electron chi connectivity index (χ0n) is 15.3. The Morgan fingerprint density at radius 2 is 0.970 bits per heavy atom. The summed E-state index contributed by atoms with van der Waals surface area (Å²) in [5, 5.41) is 43.3. The second-order valence-electron chi connectivity index (χ2n) is 5.84. The molecule has 0 atom stereocenters. The SMILES string of the molecule is [C-]#[N+]c1nc2c3nc([N+]#[C-])c([N+](=O)[O-])nc3c3nc([N+](=O)[O-])c(C#N)nc3c2nc1[N+](=O)[O-]. The molecule has 0 radical (unpaired) electrons. The lowest BCUT2D eigenvalue weighted by Crippen LogP contribution is -2.05. The van der Waals surface area contributed by atoms with Crippen molar-refractivity contribution in [3.63, 3.8) is 0 Å². The minimum atomic E-state index is -1.04. The third kappa shape index (κ3) is 2.86. The summed E-state index contributed by atoms with van der Waals surface area (Å²) in [5.74, 6) is -4.57. The Labute approximate surface area is 177 Å². The van der Waals surface area contributed by atoms with Crippen molar-refractivity contribution >= 4 is 62.2 Å². The molecule has 3 aromatic heterocycles. The molecule has 0 unspecified atom stereocenters. The van der Waals surface area contributed by atoms with Gasteiger partial charge in [0.25, 0.3) is 27.6 Å². The molecular weight excluding hydrogens is 444 g/mol. The predicted molar refractivity (Wildman–Crippen MR) is 103 cm³/mol. The molecule has 1 aromatic carbocycles. The number of nitriles is 1. The Morgan fingerprint density at radius 1 is 0.636 bits per heavy atom. The number of nitrogens with zero attached hydrogens (tertiary/aromatic N) is 12. The molecule has 0 saturated carbocycles. The van der Waals surface area contributed by atoms with Gasteiger partial charge in [0.2, 0.25) is 5.69 Å². The van der Waals surface area contributed by atoms with Gasteiger partial charge < -0.3 is 40.0 Å². The first-order valence-electron chi connectivity index (χ1n) is 8.07. The van der Waals surface area contributed by atoms with Gasteiger partial charge in [0, 0.05) is 0 Å². The van der Waals surface area contributed by atoms with Gasteiger partial charge in [-0.15, -0.1) is 9.97 Å². The quantitative estimate of drug-likeness (QED) is 0.191. The lowest BCUT2D eigenvalue weighted by molar-refractivity contribution is -0.389. The summed E-state index contributed by atoms with van der Waals surface area (Å²) in [5.41, 5.74) is -3.40. The molecule has 3 heterocycles. The molecular formula is C15N12O6. The summed E-state index contributed by atoms with van der Waals surface area (Å²) in [4.78, 5) is 59.5. The highest BCUT2D eigenvalue weighted by atomic mass is 16.6. The van der Waals surface area contributed by atoms with E-state index in [1.807, 2.05) is 0 Å². The van der Waals surface area contributed by atoms with Crippen molar-refractivity contribution < 1.29 is 14.8 Å². The number of aromatic nitrogens is 6. The third-order valence-corrected chi connectivity index (χ3v) is 4.11. The lowest BCUT2D eigenvalue weighted by atomic mass is 10.2. The zero-order chi connectivity index (χ0) is 24.0. The van der Waals surface area contributed by atoms with Crippen molar-refractivity contribution in [2.45, 2.75) is 0 Å². The number of benzene rings is 1. The Hall–Kier alpha value is -6.09. The molecule has 0 spiro atoms. The van der Waals surface area contributed by atoms with E-state index < -0.39 is 77.1 Å². The minimum absolute atomic E-state index is 0.367. The first-order chi connectivity index (χ1) is 15.7. The van der Waals surface area contributed by atoms with E-state index in [4.69, 9.17) is 13.1 Å². The summed E-state index contributed by atoms with van der Waals surface area (Å²) in [6.07, 6.45) is 0. The minimum Gasteiger partial charge on any atom is -0.359 e. The van der Waals surface area contributed by atoms with Crippen LogP contribution >= 0.6 is 0 Å². The second-order valence-corrected chi connectivity index (χ2v) is 5.84. The Balaban J connectivity index is 2.41. The van der Waals surface area contributed by atoms with Gasteiger partial charge in [-0.2, -0.15) is 5.26 Å². The van der Waals surface area contributed by atoms with Crippen molar-refractivity contribution in [1.82, 2.24) is 29.9 Å². The summed E-state index contributed by atoms with van der Waals surface area (Å²) >= 11 is 0. The van der Waals surface area contributed by atoms with Crippen molar-refractivity contribution in [2.75, 3.05) is 0 Å². The first kappa shape index (κ1) is 20.2. The van der Waals surface area contributed by atoms with Crippen LogP contribution in [0.1, 0.15) is 5.69 Å². The largest absolute Gasteiger partial charge is 0.401 e. The molecule has 0 N–H and O–H groups in total. The summed E-state index contributed by atoms with van der Waals surface area (Å²) in [7, 11) is 0. The molecule has 0 aliphatic rings. The lowest BCUT2D eigenvalue weighted by Gasteiger charge is -2.01. The van der Waals surface area contributed by atoms with Gasteiger partial charge in [-0.05, 0) is 29.7 Å². The number of nitro groups is 3. The average molecular weight is 444 g/mol. The van der Waals surface area contributed by atoms with Gasteiger partial charge in [0.1, 0.15) is 6.07 Å². The molecule has 0 amide bonds. The fourth-order valence-corrected chi connectivity index (χ4v) is 2.85. The van der Waals surface area contributed by atoms with Crippen molar-refractivity contribution in [2.24, 2.45) is 0 Å². The highest BCUT2D eigenvalue weighted by Crippen LogP contribution is 2.37. The number of rotatable bonds is 3. The molecule has 18 heteroatoms. The van der Waals surface area contributed by atoms with E-state index in [9.17, 15) is 35.6 Å². The van der Waals surface area contributed by atoms with E-state index in [1.54, 1.807) is 0 Å². The molecule has 0 saturated heterocycles. The molecule has 0 bridgehead atoms. The standard InChI is InChI=1S/C15N12O6/c1-17-11-14(26(30)31)23-8-5-9(22-13(25(28)29)4(3-16)19-5)10-7(6(8)20-11)21-12(18-2)15(24-10)27(32)33. The van der Waals surface area contributed by atoms with Crippen LogP contribution in [0.15, 0.2) is 0 Å². The molecule has 156 valence electrons. The van der Waals surface area contributed by atoms with Gasteiger partial charge in [-0.25, -0.2) is 4.98 Å².